The van der Waals surface area contributed by atoms with E-state index >= 15 is 0 Å². The van der Waals surface area contributed by atoms with Gasteiger partial charge >= 0.3 is 75.5 Å². The van der Waals surface area contributed by atoms with Gasteiger partial charge in [0, 0.05) is 0 Å². The molecular formula is C4H10O3Ti2. The van der Waals surface area contributed by atoms with Gasteiger partial charge in [-0.3, -0.25) is 0 Å². The van der Waals surface area contributed by atoms with E-state index in [-0.39, 0.29) is 0 Å². The molecule has 0 atom stereocenters. The summed E-state index contributed by atoms with van der Waals surface area (Å²) < 4.78 is 15.3. The molecule has 52 valence electrons. The number of hydrogen-bond donors (Lipinski definition) is 0. The van der Waals surface area contributed by atoms with Gasteiger partial charge in [0.15, 0.2) is 0 Å². The third-order valence-corrected chi connectivity index (χ3v) is 3.58. The quantitative estimate of drug-likeness (QED) is 0.619. The van der Waals surface area contributed by atoms with Crippen LogP contribution in [0.15, 0.2) is 0 Å². The standard InChI is InChI=1S/2C2H5O.O.2Ti/c2*1-2-3;;;/h2*2H2,1H3;;;/q2*-1;;;+2. The third-order valence-electron chi connectivity index (χ3n) is 0.608. The molecule has 0 aliphatic carbocycles. The van der Waals surface area contributed by atoms with Crippen LogP contribution < -0.4 is 0 Å². The van der Waals surface area contributed by atoms with Gasteiger partial charge in [-0.1, -0.05) is 0 Å². The Hall–Kier alpha value is 1.31. The first kappa shape index (κ1) is 10.3. The van der Waals surface area contributed by atoms with E-state index in [4.69, 9.17) is 8.54 Å². The molecule has 0 saturated carbocycles. The van der Waals surface area contributed by atoms with Crippen molar-refractivity contribution < 1.29 is 48.4 Å². The minimum absolute atomic E-state index is 0.684. The molecule has 3 nitrogen and oxygen atoms in total. The molecule has 0 aliphatic heterocycles. The van der Waals surface area contributed by atoms with Crippen LogP contribution in [0.5, 0.6) is 0 Å². The van der Waals surface area contributed by atoms with Crippen LogP contribution in [0.25, 0.3) is 0 Å². The second-order valence-electron chi connectivity index (χ2n) is 1.22. The van der Waals surface area contributed by atoms with Crippen molar-refractivity contribution >= 4 is 0 Å². The fraction of sp³-hybridized carbons (Fsp3) is 1.00. The molecule has 0 heterocycles. The molecule has 0 aliphatic rings. The van der Waals surface area contributed by atoms with Crippen LogP contribution in [0.1, 0.15) is 13.8 Å². The van der Waals surface area contributed by atoms with Gasteiger partial charge in [-0.2, -0.15) is 0 Å². The van der Waals surface area contributed by atoms with Crippen LogP contribution in [-0.2, 0) is 48.4 Å². The van der Waals surface area contributed by atoms with Crippen LogP contribution in [0.3, 0.4) is 0 Å². The van der Waals surface area contributed by atoms with Crippen LogP contribution >= 0.6 is 0 Å². The summed E-state index contributed by atoms with van der Waals surface area (Å²) in [6, 6.07) is 0. The Morgan fingerprint density at radius 2 is 1.67 bits per heavy atom. The summed E-state index contributed by atoms with van der Waals surface area (Å²) in [5.74, 6) is 0. The van der Waals surface area contributed by atoms with Gasteiger partial charge in [-0.25, -0.2) is 0 Å². The summed E-state index contributed by atoms with van der Waals surface area (Å²) in [5, 5.41) is 0. The van der Waals surface area contributed by atoms with Gasteiger partial charge in [0.05, 0.1) is 0 Å². The molecule has 0 spiro atoms. The zero-order valence-electron chi connectivity index (χ0n) is 5.64. The zero-order valence-corrected chi connectivity index (χ0v) is 8.76. The molecule has 0 saturated heterocycles. The normalized spacial score (nSPS) is 9.44. The molecule has 0 unspecified atom stereocenters. The average molecular weight is 202 g/mol. The van der Waals surface area contributed by atoms with Gasteiger partial charge in [0.25, 0.3) is 0 Å². The van der Waals surface area contributed by atoms with E-state index in [2.05, 4.69) is 0 Å². The second-order valence-corrected chi connectivity index (χ2v) is 4.53. The first-order valence-electron chi connectivity index (χ1n) is 2.81. The van der Waals surface area contributed by atoms with E-state index in [1.165, 1.54) is 0 Å². The molecular weight excluding hydrogens is 192 g/mol. The van der Waals surface area contributed by atoms with Crippen molar-refractivity contribution in [2.24, 2.45) is 0 Å². The molecule has 0 rings (SSSR count). The molecule has 0 radical (unpaired) electrons. The predicted octanol–water partition coefficient (Wildman–Crippen LogP) is 0.901. The van der Waals surface area contributed by atoms with Crippen molar-refractivity contribution in [3.8, 4) is 0 Å². The Bertz CT molecular complexity index is 55.8. The van der Waals surface area contributed by atoms with E-state index in [1.54, 1.807) is 20.8 Å². The molecule has 0 fully saturated rings. The average Bonchev–Trinajstić information content (AvgIpc) is 1.88. The Balaban J connectivity index is 3.18. The second kappa shape index (κ2) is 7.42. The third kappa shape index (κ3) is 5.74. The fourth-order valence-electron chi connectivity index (χ4n) is 0.336. The van der Waals surface area contributed by atoms with Crippen molar-refractivity contribution in [1.29, 1.82) is 0 Å². The van der Waals surface area contributed by atoms with Gasteiger partial charge < -0.3 is 0 Å². The maximum absolute atomic E-state index is 5.15. The topological polar surface area (TPSA) is 27.7 Å². The van der Waals surface area contributed by atoms with E-state index in [1.807, 2.05) is 13.8 Å². The fourth-order valence-corrected chi connectivity index (χ4v) is 2.15. The van der Waals surface area contributed by atoms with E-state index in [9.17, 15) is 0 Å². The Morgan fingerprint density at radius 3 is 1.89 bits per heavy atom. The predicted molar refractivity (Wildman–Crippen MR) is 24.3 cm³/mol. The van der Waals surface area contributed by atoms with Crippen LogP contribution in [0.2, 0.25) is 0 Å². The maximum atomic E-state index is 5.15. The molecule has 0 N–H and O–H groups in total. The SMILES string of the molecule is CC[O][Ti]([O][Ti])[O]CC. The van der Waals surface area contributed by atoms with E-state index in [0.717, 1.165) is 0 Å². The molecule has 0 aromatic carbocycles. The molecule has 0 bridgehead atoms. The zero-order chi connectivity index (χ0) is 7.11. The van der Waals surface area contributed by atoms with Crippen molar-refractivity contribution in [2.45, 2.75) is 13.8 Å². The molecule has 0 aromatic heterocycles. The van der Waals surface area contributed by atoms with Gasteiger partial charge in [-0.15, -0.1) is 0 Å². The molecule has 0 amide bonds. The summed E-state index contributed by atoms with van der Waals surface area (Å²) in [4.78, 5) is 0. The summed E-state index contributed by atoms with van der Waals surface area (Å²) in [6.45, 7) is 5.24. The minimum atomic E-state index is -1.96. The van der Waals surface area contributed by atoms with Crippen LogP contribution in [0, 0.1) is 0 Å². The number of hydrogen-bond acceptors (Lipinski definition) is 3. The van der Waals surface area contributed by atoms with Crippen molar-refractivity contribution in [1.82, 2.24) is 0 Å². The van der Waals surface area contributed by atoms with Crippen LogP contribution in [0.4, 0.5) is 0 Å². The summed E-state index contributed by atoms with van der Waals surface area (Å²) in [6.07, 6.45) is 0. The van der Waals surface area contributed by atoms with Crippen LogP contribution in [-0.4, -0.2) is 13.2 Å². The first-order chi connectivity index (χ1) is 4.35. The van der Waals surface area contributed by atoms with Crippen molar-refractivity contribution in [3.05, 3.63) is 0 Å². The molecule has 0 aromatic rings. The van der Waals surface area contributed by atoms with E-state index < -0.39 is 19.0 Å². The first-order valence-corrected chi connectivity index (χ1v) is 5.36. The monoisotopic (exact) mass is 202 g/mol. The molecule has 5 heteroatoms. The summed E-state index contributed by atoms with van der Waals surface area (Å²) >= 11 is -0.333. The molecule has 9 heavy (non-hydrogen) atoms. The van der Waals surface area contributed by atoms with E-state index in [0.29, 0.717) is 13.2 Å². The summed E-state index contributed by atoms with van der Waals surface area (Å²) in [5.41, 5.74) is 0. The van der Waals surface area contributed by atoms with Gasteiger partial charge in [0.2, 0.25) is 0 Å². The van der Waals surface area contributed by atoms with Gasteiger partial charge in [-0.05, 0) is 0 Å². The Morgan fingerprint density at radius 1 is 1.22 bits per heavy atom. The van der Waals surface area contributed by atoms with Crippen molar-refractivity contribution in [2.75, 3.05) is 13.2 Å². The van der Waals surface area contributed by atoms with Crippen molar-refractivity contribution in [3.63, 3.8) is 0 Å². The van der Waals surface area contributed by atoms with Gasteiger partial charge in [0.1, 0.15) is 0 Å². The number of rotatable bonds is 5. The Labute approximate surface area is 75.2 Å². The summed E-state index contributed by atoms with van der Waals surface area (Å²) in [7, 11) is 0. The Kier molecular flexibility index (Phi) is 8.49.